The van der Waals surface area contributed by atoms with Crippen LogP contribution in [0.4, 0.5) is 4.79 Å². The minimum Gasteiger partial charge on any atom is -0.466 e. The van der Waals surface area contributed by atoms with Crippen molar-refractivity contribution in [2.24, 2.45) is 0 Å². The topological polar surface area (TPSA) is 58.6 Å². The van der Waals surface area contributed by atoms with Gasteiger partial charge in [0.1, 0.15) is 0 Å². The van der Waals surface area contributed by atoms with E-state index in [0.29, 0.717) is 13.2 Å². The summed E-state index contributed by atoms with van der Waals surface area (Å²) in [6.45, 7) is 2.71. The van der Waals surface area contributed by atoms with Crippen molar-refractivity contribution in [1.82, 2.24) is 10.2 Å². The molecule has 1 aliphatic heterocycles. The quantitative estimate of drug-likeness (QED) is 0.629. The van der Waals surface area contributed by atoms with Crippen molar-refractivity contribution in [2.45, 2.75) is 19.4 Å². The molecule has 1 fully saturated rings. The van der Waals surface area contributed by atoms with Gasteiger partial charge in [0, 0.05) is 13.6 Å². The zero-order valence-electron chi connectivity index (χ0n) is 7.87. The zero-order chi connectivity index (χ0) is 9.84. The van der Waals surface area contributed by atoms with Crippen LogP contribution < -0.4 is 5.32 Å². The molecule has 5 nitrogen and oxygen atoms in total. The van der Waals surface area contributed by atoms with Gasteiger partial charge in [0.25, 0.3) is 0 Å². The lowest BCUT2D eigenvalue weighted by Gasteiger charge is -2.07. The van der Waals surface area contributed by atoms with E-state index in [1.165, 1.54) is 0 Å². The van der Waals surface area contributed by atoms with E-state index in [4.69, 9.17) is 4.74 Å². The maximum Gasteiger partial charge on any atom is 0.317 e. The maximum absolute atomic E-state index is 11.0. The molecule has 5 heteroatoms. The first-order valence-electron chi connectivity index (χ1n) is 4.30. The number of likely N-dealkylation sites (N-methyl/N-ethyl adjacent to an activating group) is 1. The number of esters is 1. The first-order valence-corrected chi connectivity index (χ1v) is 4.30. The Kier molecular flexibility index (Phi) is 3.11. The van der Waals surface area contributed by atoms with E-state index in [0.717, 1.165) is 0 Å². The first kappa shape index (κ1) is 9.83. The number of carbonyl (C=O) groups excluding carboxylic acids is 2. The van der Waals surface area contributed by atoms with Crippen LogP contribution >= 0.6 is 0 Å². The van der Waals surface area contributed by atoms with Crippen molar-refractivity contribution < 1.29 is 14.3 Å². The van der Waals surface area contributed by atoms with Crippen LogP contribution in [0.1, 0.15) is 13.3 Å². The summed E-state index contributed by atoms with van der Waals surface area (Å²) >= 11 is 0. The van der Waals surface area contributed by atoms with Gasteiger partial charge in [-0.25, -0.2) is 4.79 Å². The Balaban J connectivity index is 2.31. The molecule has 1 saturated heterocycles. The van der Waals surface area contributed by atoms with Gasteiger partial charge in [0.15, 0.2) is 0 Å². The van der Waals surface area contributed by atoms with Crippen LogP contribution in [0.3, 0.4) is 0 Å². The molecule has 0 aromatic carbocycles. The molecular weight excluding hydrogens is 172 g/mol. The number of ether oxygens (including phenoxy) is 1. The van der Waals surface area contributed by atoms with Gasteiger partial charge in [-0.05, 0) is 6.92 Å². The summed E-state index contributed by atoms with van der Waals surface area (Å²) in [5.41, 5.74) is 0. The Morgan fingerprint density at radius 2 is 2.46 bits per heavy atom. The molecule has 1 N–H and O–H groups in total. The minimum atomic E-state index is -0.261. The molecule has 1 rings (SSSR count). The van der Waals surface area contributed by atoms with E-state index in [1.54, 1.807) is 18.9 Å². The molecule has 13 heavy (non-hydrogen) atoms. The third kappa shape index (κ3) is 2.61. The molecule has 0 aromatic rings. The molecule has 2 amide bonds. The highest BCUT2D eigenvalue weighted by molar-refractivity contribution is 5.78. The molecule has 0 saturated carbocycles. The second-order valence-electron chi connectivity index (χ2n) is 3.04. The summed E-state index contributed by atoms with van der Waals surface area (Å²) in [6.07, 6.45) is 0.254. The minimum absolute atomic E-state index is 0.100. The fourth-order valence-electron chi connectivity index (χ4n) is 1.28. The highest BCUT2D eigenvalue weighted by atomic mass is 16.5. The first-order chi connectivity index (χ1) is 6.13. The predicted octanol–water partition coefficient (Wildman–Crippen LogP) is -0.0368. The highest BCUT2D eigenvalue weighted by Gasteiger charge is 2.27. The van der Waals surface area contributed by atoms with Gasteiger partial charge in [-0.3, -0.25) is 4.79 Å². The number of carbonyl (C=O) groups is 2. The summed E-state index contributed by atoms with van der Waals surface area (Å²) < 4.78 is 4.77. The molecule has 0 spiro atoms. The average Bonchev–Trinajstić information content (AvgIpc) is 2.31. The molecule has 0 radical (unpaired) electrons. The fourth-order valence-corrected chi connectivity index (χ4v) is 1.28. The van der Waals surface area contributed by atoms with E-state index < -0.39 is 0 Å². The van der Waals surface area contributed by atoms with E-state index in [2.05, 4.69) is 5.32 Å². The van der Waals surface area contributed by atoms with Gasteiger partial charge in [0.05, 0.1) is 19.1 Å². The van der Waals surface area contributed by atoms with E-state index in [-0.39, 0.29) is 24.5 Å². The number of urea groups is 1. The molecular formula is C8H14N2O3. The summed E-state index contributed by atoms with van der Waals surface area (Å²) in [4.78, 5) is 23.6. The lowest BCUT2D eigenvalue weighted by molar-refractivity contribution is -0.143. The second kappa shape index (κ2) is 4.11. The molecule has 0 bridgehead atoms. The van der Waals surface area contributed by atoms with Crippen molar-refractivity contribution in [2.75, 3.05) is 20.2 Å². The van der Waals surface area contributed by atoms with Crippen molar-refractivity contribution in [3.8, 4) is 0 Å². The van der Waals surface area contributed by atoms with Gasteiger partial charge in [-0.15, -0.1) is 0 Å². The van der Waals surface area contributed by atoms with Crippen molar-refractivity contribution in [3.05, 3.63) is 0 Å². The molecule has 1 atom stereocenters. The number of amides is 2. The highest BCUT2D eigenvalue weighted by Crippen LogP contribution is 2.05. The largest absolute Gasteiger partial charge is 0.466 e. The van der Waals surface area contributed by atoms with Gasteiger partial charge < -0.3 is 15.0 Å². The number of hydrogen-bond acceptors (Lipinski definition) is 3. The summed E-state index contributed by atoms with van der Waals surface area (Å²) in [5, 5.41) is 2.68. The molecule has 1 unspecified atom stereocenters. The number of nitrogens with one attached hydrogen (secondary N) is 1. The lowest BCUT2D eigenvalue weighted by Crippen LogP contribution is -2.29. The maximum atomic E-state index is 11.0. The lowest BCUT2D eigenvalue weighted by atomic mass is 10.2. The Bertz CT molecular complexity index is 217. The smallest absolute Gasteiger partial charge is 0.317 e. The third-order valence-corrected chi connectivity index (χ3v) is 1.89. The van der Waals surface area contributed by atoms with Crippen LogP contribution in [0.5, 0.6) is 0 Å². The molecule has 0 aliphatic carbocycles. The summed E-state index contributed by atoms with van der Waals surface area (Å²) in [5.74, 6) is -0.261. The molecule has 74 valence electrons. The van der Waals surface area contributed by atoms with Gasteiger partial charge in [-0.1, -0.05) is 0 Å². The Hall–Kier alpha value is -1.26. The standard InChI is InChI=1S/C8H14N2O3/c1-3-13-7(11)4-6-5-10(2)8(12)9-6/h6H,3-5H2,1-2H3,(H,9,12). The van der Waals surface area contributed by atoms with Crippen LogP contribution in [0, 0.1) is 0 Å². The Labute approximate surface area is 77.0 Å². The van der Waals surface area contributed by atoms with Crippen molar-refractivity contribution in [1.29, 1.82) is 0 Å². The van der Waals surface area contributed by atoms with Crippen LogP contribution in [0.15, 0.2) is 0 Å². The Morgan fingerprint density at radius 3 is 2.92 bits per heavy atom. The van der Waals surface area contributed by atoms with Crippen LogP contribution in [0.2, 0.25) is 0 Å². The van der Waals surface area contributed by atoms with Crippen molar-refractivity contribution >= 4 is 12.0 Å². The normalized spacial score (nSPS) is 21.5. The zero-order valence-corrected chi connectivity index (χ0v) is 7.87. The van der Waals surface area contributed by atoms with Gasteiger partial charge in [-0.2, -0.15) is 0 Å². The fraction of sp³-hybridized carbons (Fsp3) is 0.750. The summed E-state index contributed by atoms with van der Waals surface area (Å²) in [6, 6.07) is -0.231. The van der Waals surface area contributed by atoms with E-state index >= 15 is 0 Å². The second-order valence-corrected chi connectivity index (χ2v) is 3.04. The molecule has 1 aliphatic rings. The summed E-state index contributed by atoms with van der Waals surface area (Å²) in [7, 11) is 1.69. The predicted molar refractivity (Wildman–Crippen MR) is 46.2 cm³/mol. The van der Waals surface area contributed by atoms with Crippen molar-refractivity contribution in [3.63, 3.8) is 0 Å². The average molecular weight is 186 g/mol. The van der Waals surface area contributed by atoms with Crippen LogP contribution in [-0.4, -0.2) is 43.1 Å². The van der Waals surface area contributed by atoms with E-state index in [9.17, 15) is 9.59 Å². The monoisotopic (exact) mass is 186 g/mol. The SMILES string of the molecule is CCOC(=O)CC1CN(C)C(=O)N1. The van der Waals surface area contributed by atoms with Gasteiger partial charge in [0.2, 0.25) is 0 Å². The molecule has 1 heterocycles. The number of rotatable bonds is 3. The van der Waals surface area contributed by atoms with Gasteiger partial charge >= 0.3 is 12.0 Å². The number of nitrogens with zero attached hydrogens (tertiary/aromatic N) is 1. The Morgan fingerprint density at radius 1 is 1.77 bits per heavy atom. The van der Waals surface area contributed by atoms with E-state index in [1.807, 2.05) is 0 Å². The number of hydrogen-bond donors (Lipinski definition) is 1. The van der Waals surface area contributed by atoms with Crippen LogP contribution in [0.25, 0.3) is 0 Å². The molecule has 0 aromatic heterocycles. The third-order valence-electron chi connectivity index (χ3n) is 1.89. The van der Waals surface area contributed by atoms with Crippen LogP contribution in [-0.2, 0) is 9.53 Å².